The number of non-ortho nitro benzene ring substituents is 2. The number of nitrogens with one attached hydrogen (secondary N) is 3. The van der Waals surface area contributed by atoms with Gasteiger partial charge in [0.05, 0.1) is 35.1 Å². The van der Waals surface area contributed by atoms with Crippen LogP contribution in [0.25, 0.3) is 0 Å². The van der Waals surface area contributed by atoms with E-state index < -0.39 is 9.85 Å². The summed E-state index contributed by atoms with van der Waals surface area (Å²) in [5, 5.41) is 34.0. The number of benzene rings is 3. The van der Waals surface area contributed by atoms with Crippen molar-refractivity contribution in [1.29, 1.82) is 0 Å². The third-order valence-electron chi connectivity index (χ3n) is 5.47. The summed E-state index contributed by atoms with van der Waals surface area (Å²) in [7, 11) is 1.53. The minimum absolute atomic E-state index is 0.138. The molecule has 0 amide bonds. The SMILES string of the molecule is COc1ccc(C)cc1Nc1nc(NN=Cc2cc([N+](=O)[O-])ccc2Cl)cc(NN=Cc2cc([N+](=O)[O-])ccc2Cl)n1. The number of aryl methyl sites for hydroxylation is 1. The number of nitrogens with zero attached hydrogens (tertiary/aromatic N) is 6. The van der Waals surface area contributed by atoms with E-state index in [1.54, 1.807) is 6.07 Å². The van der Waals surface area contributed by atoms with Crippen molar-refractivity contribution in [3.05, 3.63) is 108 Å². The van der Waals surface area contributed by atoms with Gasteiger partial charge in [0, 0.05) is 51.5 Å². The Hall–Kier alpha value is -5.34. The number of ether oxygens (including phenoxy) is 1. The third-order valence-corrected chi connectivity index (χ3v) is 6.16. The number of anilines is 4. The zero-order valence-electron chi connectivity index (χ0n) is 21.9. The molecule has 1 heterocycles. The predicted molar refractivity (Wildman–Crippen MR) is 162 cm³/mol. The molecule has 1 aromatic heterocycles. The molecule has 0 unspecified atom stereocenters. The van der Waals surface area contributed by atoms with Crippen molar-refractivity contribution in [3.63, 3.8) is 0 Å². The molecule has 0 atom stereocenters. The largest absolute Gasteiger partial charge is 0.495 e. The molecule has 3 aromatic carbocycles. The van der Waals surface area contributed by atoms with Crippen molar-refractivity contribution in [1.82, 2.24) is 9.97 Å². The Kier molecular flexibility index (Phi) is 9.42. The van der Waals surface area contributed by atoms with Gasteiger partial charge < -0.3 is 10.1 Å². The second-order valence-electron chi connectivity index (χ2n) is 8.46. The minimum atomic E-state index is -0.539. The summed E-state index contributed by atoms with van der Waals surface area (Å²) >= 11 is 12.3. The molecule has 0 saturated heterocycles. The lowest BCUT2D eigenvalue weighted by atomic mass is 10.2. The summed E-state index contributed by atoms with van der Waals surface area (Å²) in [5.41, 5.74) is 7.38. The van der Waals surface area contributed by atoms with E-state index >= 15 is 0 Å². The highest BCUT2D eigenvalue weighted by Gasteiger charge is 2.11. The molecule has 214 valence electrons. The minimum Gasteiger partial charge on any atom is -0.495 e. The fourth-order valence-electron chi connectivity index (χ4n) is 3.48. The quantitative estimate of drug-likeness (QED) is 0.0956. The van der Waals surface area contributed by atoms with Crippen molar-refractivity contribution in [3.8, 4) is 5.75 Å². The highest BCUT2D eigenvalue weighted by molar-refractivity contribution is 6.33. The lowest BCUT2D eigenvalue weighted by Gasteiger charge is -2.12. The smallest absolute Gasteiger partial charge is 0.270 e. The molecule has 0 aliphatic heterocycles. The summed E-state index contributed by atoms with van der Waals surface area (Å²) in [6.45, 7) is 1.91. The van der Waals surface area contributed by atoms with Crippen LogP contribution < -0.4 is 20.9 Å². The molecule has 16 heteroatoms. The Bertz CT molecular complexity index is 1620. The highest BCUT2D eigenvalue weighted by Crippen LogP contribution is 2.29. The lowest BCUT2D eigenvalue weighted by molar-refractivity contribution is -0.385. The van der Waals surface area contributed by atoms with Gasteiger partial charge in [0.25, 0.3) is 11.4 Å². The maximum absolute atomic E-state index is 11.1. The molecule has 4 rings (SSSR count). The molecule has 3 N–H and O–H groups in total. The van der Waals surface area contributed by atoms with Crippen LogP contribution in [0.5, 0.6) is 5.75 Å². The van der Waals surface area contributed by atoms with E-state index in [0.29, 0.717) is 22.6 Å². The second kappa shape index (κ2) is 13.3. The van der Waals surface area contributed by atoms with Gasteiger partial charge in [0.1, 0.15) is 5.75 Å². The van der Waals surface area contributed by atoms with Gasteiger partial charge in [-0.1, -0.05) is 29.3 Å². The fourth-order valence-corrected chi connectivity index (χ4v) is 3.81. The van der Waals surface area contributed by atoms with E-state index in [2.05, 4.69) is 36.3 Å². The number of hydrazone groups is 2. The van der Waals surface area contributed by atoms with E-state index in [-0.39, 0.29) is 39.0 Å². The molecule has 0 saturated carbocycles. The van der Waals surface area contributed by atoms with Crippen molar-refractivity contribution >= 4 is 70.3 Å². The summed E-state index contributed by atoms with van der Waals surface area (Å²) < 4.78 is 5.42. The fraction of sp³-hybridized carbons (Fsp3) is 0.0769. The van der Waals surface area contributed by atoms with E-state index in [4.69, 9.17) is 27.9 Å². The van der Waals surface area contributed by atoms with Crippen molar-refractivity contribution in [2.75, 3.05) is 23.3 Å². The topological polar surface area (TPSA) is 182 Å². The maximum Gasteiger partial charge on any atom is 0.270 e. The molecular formula is C26H21Cl2N9O5. The first-order chi connectivity index (χ1) is 20.1. The van der Waals surface area contributed by atoms with Crippen LogP contribution in [0.15, 0.2) is 70.9 Å². The summed E-state index contributed by atoms with van der Waals surface area (Å²) in [5.74, 6) is 1.11. The van der Waals surface area contributed by atoms with Crippen LogP contribution in [-0.4, -0.2) is 39.4 Å². The van der Waals surface area contributed by atoms with Crippen LogP contribution in [0.2, 0.25) is 10.0 Å². The first-order valence-corrected chi connectivity index (χ1v) is 12.7. The monoisotopic (exact) mass is 609 g/mol. The van der Waals surface area contributed by atoms with Gasteiger partial charge in [-0.3, -0.25) is 31.1 Å². The third kappa shape index (κ3) is 7.65. The number of hydrogen-bond acceptors (Lipinski definition) is 12. The molecule has 0 aliphatic rings. The van der Waals surface area contributed by atoms with Gasteiger partial charge in [-0.25, -0.2) is 0 Å². The Morgan fingerprint density at radius 2 is 1.33 bits per heavy atom. The number of nitro benzene ring substituents is 2. The average molecular weight is 610 g/mol. The molecule has 4 aromatic rings. The number of hydrogen-bond donors (Lipinski definition) is 3. The van der Waals surface area contributed by atoms with Gasteiger partial charge in [0.15, 0.2) is 11.6 Å². The van der Waals surface area contributed by atoms with Crippen molar-refractivity contribution < 1.29 is 14.6 Å². The Morgan fingerprint density at radius 3 is 1.81 bits per heavy atom. The first kappa shape index (κ1) is 29.6. The van der Waals surface area contributed by atoms with E-state index in [1.807, 2.05) is 19.1 Å². The van der Waals surface area contributed by atoms with Crippen LogP contribution in [0.1, 0.15) is 16.7 Å². The van der Waals surface area contributed by atoms with Crippen molar-refractivity contribution in [2.45, 2.75) is 6.92 Å². The van der Waals surface area contributed by atoms with Crippen LogP contribution in [0, 0.1) is 27.2 Å². The van der Waals surface area contributed by atoms with E-state index in [0.717, 1.165) is 5.56 Å². The van der Waals surface area contributed by atoms with Crippen LogP contribution >= 0.6 is 23.2 Å². The predicted octanol–water partition coefficient (Wildman–Crippen LogP) is 6.55. The Labute approximate surface area is 248 Å². The molecule has 0 radical (unpaired) electrons. The molecule has 14 nitrogen and oxygen atoms in total. The molecule has 0 aliphatic carbocycles. The molecule has 0 spiro atoms. The van der Waals surface area contributed by atoms with Gasteiger partial charge in [-0.2, -0.15) is 20.2 Å². The van der Waals surface area contributed by atoms with E-state index in [1.165, 1.54) is 62.0 Å². The molecule has 0 fully saturated rings. The number of halogens is 2. The van der Waals surface area contributed by atoms with E-state index in [9.17, 15) is 20.2 Å². The van der Waals surface area contributed by atoms with Gasteiger partial charge in [-0.05, 0) is 36.8 Å². The summed E-state index contributed by atoms with van der Waals surface area (Å²) in [4.78, 5) is 30.0. The number of nitro groups is 2. The number of aromatic nitrogens is 2. The summed E-state index contributed by atoms with van der Waals surface area (Å²) in [6.07, 6.45) is 2.62. The average Bonchev–Trinajstić information content (AvgIpc) is 2.95. The van der Waals surface area contributed by atoms with Crippen molar-refractivity contribution in [2.24, 2.45) is 10.2 Å². The van der Waals surface area contributed by atoms with Gasteiger partial charge in [-0.15, -0.1) is 0 Å². The normalized spacial score (nSPS) is 11.0. The summed E-state index contributed by atoms with van der Waals surface area (Å²) in [6, 6.07) is 14.9. The van der Waals surface area contributed by atoms with Crippen LogP contribution in [0.4, 0.5) is 34.6 Å². The zero-order chi connectivity index (χ0) is 30.2. The highest BCUT2D eigenvalue weighted by atomic mass is 35.5. The zero-order valence-corrected chi connectivity index (χ0v) is 23.4. The first-order valence-electron chi connectivity index (χ1n) is 11.9. The molecule has 42 heavy (non-hydrogen) atoms. The van der Waals surface area contributed by atoms with Crippen LogP contribution in [-0.2, 0) is 0 Å². The Morgan fingerprint density at radius 1 is 0.810 bits per heavy atom. The van der Waals surface area contributed by atoms with Crippen LogP contribution in [0.3, 0.4) is 0 Å². The molecule has 0 bridgehead atoms. The number of rotatable bonds is 11. The van der Waals surface area contributed by atoms with Gasteiger partial charge in [0.2, 0.25) is 5.95 Å². The van der Waals surface area contributed by atoms with Gasteiger partial charge >= 0.3 is 0 Å². The lowest BCUT2D eigenvalue weighted by Crippen LogP contribution is -2.05. The second-order valence-corrected chi connectivity index (χ2v) is 9.27. The Balaban J connectivity index is 1.63. The standard InChI is InChI=1S/C26H21Cl2N9O5/c1-15-3-8-23(42-2)22(9-15)31-26-32-24(34-29-13-16-10-18(36(38)39)4-6-20(16)27)12-25(33-26)35-30-14-17-11-19(37(40)41)5-7-21(17)28/h3-14H,1-2H3,(H3,31,32,33,34,35). The number of methoxy groups -OCH3 is 1. The molecular weight excluding hydrogens is 589 g/mol. The maximum atomic E-state index is 11.1.